The van der Waals surface area contributed by atoms with Crippen molar-refractivity contribution in [3.63, 3.8) is 0 Å². The van der Waals surface area contributed by atoms with Crippen molar-refractivity contribution in [3.05, 3.63) is 59.4 Å². The average Bonchev–Trinajstić information content (AvgIpc) is 2.89. The Labute approximate surface area is 112 Å². The third-order valence-corrected chi connectivity index (χ3v) is 3.08. The van der Waals surface area contributed by atoms with Crippen molar-refractivity contribution in [2.75, 3.05) is 7.11 Å². The van der Waals surface area contributed by atoms with E-state index in [0.29, 0.717) is 13.2 Å². The second-order valence-electron chi connectivity index (χ2n) is 4.35. The fourth-order valence-corrected chi connectivity index (χ4v) is 2.09. The molecule has 3 rings (SSSR count). The highest BCUT2D eigenvalue weighted by molar-refractivity contribution is 5.28. The van der Waals surface area contributed by atoms with Crippen molar-refractivity contribution in [2.45, 2.75) is 19.5 Å². The molecule has 4 nitrogen and oxygen atoms in total. The van der Waals surface area contributed by atoms with E-state index in [0.717, 1.165) is 22.6 Å². The van der Waals surface area contributed by atoms with Crippen LogP contribution in [0.5, 0.6) is 5.75 Å². The van der Waals surface area contributed by atoms with E-state index in [-0.39, 0.29) is 6.29 Å². The molecular weight excluding hydrogens is 242 g/mol. The molecule has 0 fully saturated rings. The van der Waals surface area contributed by atoms with Gasteiger partial charge in [0.1, 0.15) is 11.4 Å². The summed E-state index contributed by atoms with van der Waals surface area (Å²) in [5, 5.41) is 0. The summed E-state index contributed by atoms with van der Waals surface area (Å²) in [6.45, 7) is 1.03. The summed E-state index contributed by atoms with van der Waals surface area (Å²) in [6.07, 6.45) is 1.39. The van der Waals surface area contributed by atoms with Gasteiger partial charge in [0.2, 0.25) is 6.29 Å². The minimum Gasteiger partial charge on any atom is -0.497 e. The van der Waals surface area contributed by atoms with Crippen molar-refractivity contribution in [2.24, 2.45) is 0 Å². The maximum Gasteiger partial charge on any atom is 0.202 e. The molecule has 0 N–H and O–H groups in total. The third-order valence-electron chi connectivity index (χ3n) is 3.08. The molecule has 0 amide bonds. The summed E-state index contributed by atoms with van der Waals surface area (Å²) in [5.41, 5.74) is 3.02. The van der Waals surface area contributed by atoms with Crippen LogP contribution in [0.3, 0.4) is 0 Å². The second kappa shape index (κ2) is 5.38. The van der Waals surface area contributed by atoms with E-state index < -0.39 is 0 Å². The Balaban J connectivity index is 1.67. The van der Waals surface area contributed by atoms with Gasteiger partial charge in [-0.05, 0) is 23.8 Å². The number of ether oxygens (including phenoxy) is 3. The second-order valence-corrected chi connectivity index (χ2v) is 4.35. The van der Waals surface area contributed by atoms with Crippen LogP contribution >= 0.6 is 0 Å². The van der Waals surface area contributed by atoms with Crippen LogP contribution in [0.4, 0.5) is 0 Å². The minimum absolute atomic E-state index is 0.373. The summed E-state index contributed by atoms with van der Waals surface area (Å²) < 4.78 is 16.5. The van der Waals surface area contributed by atoms with Gasteiger partial charge in [-0.25, -0.2) is 0 Å². The molecule has 1 aromatic heterocycles. The topological polar surface area (TPSA) is 40.6 Å². The zero-order valence-corrected chi connectivity index (χ0v) is 10.7. The van der Waals surface area contributed by atoms with Crippen LogP contribution in [0.1, 0.15) is 23.1 Å². The van der Waals surface area contributed by atoms with Gasteiger partial charge >= 0.3 is 0 Å². The summed E-state index contributed by atoms with van der Waals surface area (Å²) in [7, 11) is 1.65. The van der Waals surface area contributed by atoms with E-state index in [1.807, 2.05) is 36.4 Å². The highest BCUT2D eigenvalue weighted by Crippen LogP contribution is 2.30. The predicted octanol–water partition coefficient (Wildman–Crippen LogP) is 2.84. The number of hydrogen-bond acceptors (Lipinski definition) is 4. The Bertz CT molecular complexity index is 571. The molecule has 1 aromatic carbocycles. The predicted molar refractivity (Wildman–Crippen MR) is 69.6 cm³/mol. The molecule has 19 heavy (non-hydrogen) atoms. The standard InChI is InChI=1S/C15H15NO3/c1-17-13-6-2-4-11(8-13)9-18-15-14-12(10-19-15)5-3-7-16-14/h2-8,15H,9-10H2,1H3. The lowest BCUT2D eigenvalue weighted by Crippen LogP contribution is -2.04. The third kappa shape index (κ3) is 2.59. The van der Waals surface area contributed by atoms with Gasteiger partial charge in [-0.1, -0.05) is 18.2 Å². The monoisotopic (exact) mass is 257 g/mol. The Kier molecular flexibility index (Phi) is 3.44. The van der Waals surface area contributed by atoms with Gasteiger partial charge in [0, 0.05) is 11.8 Å². The molecule has 0 radical (unpaired) electrons. The lowest BCUT2D eigenvalue weighted by atomic mass is 10.2. The summed E-state index contributed by atoms with van der Waals surface area (Å²) >= 11 is 0. The first kappa shape index (κ1) is 12.1. The molecule has 0 saturated carbocycles. The number of nitrogens with zero attached hydrogens (tertiary/aromatic N) is 1. The van der Waals surface area contributed by atoms with E-state index in [1.165, 1.54) is 0 Å². The van der Waals surface area contributed by atoms with Crippen molar-refractivity contribution in [1.82, 2.24) is 4.98 Å². The van der Waals surface area contributed by atoms with E-state index in [1.54, 1.807) is 13.3 Å². The Morgan fingerprint density at radius 2 is 2.26 bits per heavy atom. The van der Waals surface area contributed by atoms with Gasteiger partial charge in [-0.2, -0.15) is 0 Å². The number of aromatic nitrogens is 1. The number of benzene rings is 1. The van der Waals surface area contributed by atoms with Crippen LogP contribution in [0.2, 0.25) is 0 Å². The number of pyridine rings is 1. The van der Waals surface area contributed by atoms with Crippen LogP contribution in [0.15, 0.2) is 42.6 Å². The average molecular weight is 257 g/mol. The normalized spacial score (nSPS) is 17.2. The molecule has 1 aliphatic rings. The quantitative estimate of drug-likeness (QED) is 0.844. The van der Waals surface area contributed by atoms with Gasteiger partial charge in [-0.3, -0.25) is 4.98 Å². The van der Waals surface area contributed by atoms with Crippen LogP contribution in [0, 0.1) is 0 Å². The fraction of sp³-hybridized carbons (Fsp3) is 0.267. The van der Waals surface area contributed by atoms with Gasteiger partial charge in [0.15, 0.2) is 0 Å². The molecule has 2 heterocycles. The summed E-state index contributed by atoms with van der Waals surface area (Å²) in [5.74, 6) is 0.826. The maximum atomic E-state index is 5.77. The minimum atomic E-state index is -0.373. The van der Waals surface area contributed by atoms with Crippen LogP contribution in [-0.4, -0.2) is 12.1 Å². The molecule has 2 aromatic rings. The molecule has 1 atom stereocenters. The van der Waals surface area contributed by atoms with Gasteiger partial charge in [0.05, 0.1) is 20.3 Å². The van der Waals surface area contributed by atoms with Crippen molar-refractivity contribution in [1.29, 1.82) is 0 Å². The van der Waals surface area contributed by atoms with Crippen molar-refractivity contribution in [3.8, 4) is 5.75 Å². The molecule has 0 aliphatic carbocycles. The zero-order valence-electron chi connectivity index (χ0n) is 10.7. The number of hydrogen-bond donors (Lipinski definition) is 0. The Hall–Kier alpha value is -1.91. The van der Waals surface area contributed by atoms with Crippen LogP contribution < -0.4 is 4.74 Å². The smallest absolute Gasteiger partial charge is 0.202 e. The maximum absolute atomic E-state index is 5.77. The van der Waals surface area contributed by atoms with E-state index >= 15 is 0 Å². The zero-order chi connectivity index (χ0) is 13.1. The van der Waals surface area contributed by atoms with Crippen LogP contribution in [-0.2, 0) is 22.7 Å². The first-order chi connectivity index (χ1) is 9.36. The highest BCUT2D eigenvalue weighted by atomic mass is 16.7. The first-order valence-corrected chi connectivity index (χ1v) is 6.17. The lowest BCUT2D eigenvalue weighted by molar-refractivity contribution is -0.147. The summed E-state index contributed by atoms with van der Waals surface area (Å²) in [6, 6.07) is 11.7. The largest absolute Gasteiger partial charge is 0.497 e. The number of methoxy groups -OCH3 is 1. The van der Waals surface area contributed by atoms with Crippen molar-refractivity contribution >= 4 is 0 Å². The molecule has 4 heteroatoms. The van der Waals surface area contributed by atoms with Crippen LogP contribution in [0.25, 0.3) is 0 Å². The highest BCUT2D eigenvalue weighted by Gasteiger charge is 2.24. The lowest BCUT2D eigenvalue weighted by Gasteiger charge is -2.12. The molecule has 98 valence electrons. The SMILES string of the molecule is COc1cccc(COC2OCc3cccnc32)c1. The van der Waals surface area contributed by atoms with Gasteiger partial charge in [0.25, 0.3) is 0 Å². The Morgan fingerprint density at radius 3 is 3.16 bits per heavy atom. The van der Waals surface area contributed by atoms with E-state index in [9.17, 15) is 0 Å². The molecule has 1 aliphatic heterocycles. The van der Waals surface area contributed by atoms with Gasteiger partial charge in [-0.15, -0.1) is 0 Å². The Morgan fingerprint density at radius 1 is 1.32 bits per heavy atom. The first-order valence-electron chi connectivity index (χ1n) is 6.17. The van der Waals surface area contributed by atoms with Crippen molar-refractivity contribution < 1.29 is 14.2 Å². The molecule has 0 bridgehead atoms. The number of fused-ring (bicyclic) bond motifs is 1. The fourth-order valence-electron chi connectivity index (χ4n) is 2.09. The summed E-state index contributed by atoms with van der Waals surface area (Å²) in [4.78, 5) is 4.31. The van der Waals surface area contributed by atoms with Gasteiger partial charge < -0.3 is 14.2 Å². The molecule has 0 saturated heterocycles. The molecule has 1 unspecified atom stereocenters. The van der Waals surface area contributed by atoms with E-state index in [4.69, 9.17) is 14.2 Å². The molecular formula is C15H15NO3. The van der Waals surface area contributed by atoms with E-state index in [2.05, 4.69) is 4.98 Å². The number of rotatable bonds is 4. The molecule has 0 spiro atoms.